The fraction of sp³-hybridized carbons (Fsp3) is 0.863. The predicted molar refractivity (Wildman–Crippen MR) is 256 cm³/mol. The number of likely N-dealkylation sites (N-methyl/N-ethyl adjacent to an activating group) is 1. The molecule has 8 nitrogen and oxygen atoms in total. The molecule has 0 aromatic heterocycles. The van der Waals surface area contributed by atoms with Crippen LogP contribution in [0.1, 0.15) is 232 Å². The van der Waals surface area contributed by atoms with E-state index in [1.54, 1.807) is 6.08 Å². The zero-order chi connectivity index (χ0) is 44.3. The fourth-order valence-electron chi connectivity index (χ4n) is 7.30. The molecular weight excluding hydrogens is 768 g/mol. The van der Waals surface area contributed by atoms with Crippen molar-refractivity contribution >= 4 is 13.7 Å². The molecule has 60 heavy (non-hydrogen) atoms. The number of amides is 1. The molecule has 0 aromatic carbocycles. The molecule has 0 saturated heterocycles. The number of rotatable bonds is 46. The Balaban J connectivity index is 4.37. The summed E-state index contributed by atoms with van der Waals surface area (Å²) in [4.78, 5) is 25.4. The predicted octanol–water partition coefficient (Wildman–Crippen LogP) is 14.0. The van der Waals surface area contributed by atoms with Crippen LogP contribution in [0.15, 0.2) is 36.5 Å². The molecule has 1 amide bonds. The second-order valence-electron chi connectivity index (χ2n) is 18.5. The van der Waals surface area contributed by atoms with Crippen LogP contribution in [-0.4, -0.2) is 68.5 Å². The average Bonchev–Trinajstić information content (AvgIpc) is 3.20. The number of hydrogen-bond acceptors (Lipinski definition) is 6. The Morgan fingerprint density at radius 2 is 0.933 bits per heavy atom. The number of aliphatic hydroxyl groups excluding tert-OH is 1. The maximum atomic E-state index is 12.9. The number of nitrogens with zero attached hydrogens (tertiary/aromatic N) is 1. The minimum Gasteiger partial charge on any atom is -0.756 e. The fourth-order valence-corrected chi connectivity index (χ4v) is 8.03. The van der Waals surface area contributed by atoms with Crippen LogP contribution >= 0.6 is 7.82 Å². The van der Waals surface area contributed by atoms with Crippen LogP contribution in [0.25, 0.3) is 0 Å². The maximum absolute atomic E-state index is 12.9. The van der Waals surface area contributed by atoms with Crippen molar-refractivity contribution in [3.63, 3.8) is 0 Å². The van der Waals surface area contributed by atoms with Crippen LogP contribution in [0.4, 0.5) is 0 Å². The summed E-state index contributed by atoms with van der Waals surface area (Å²) in [6, 6.07) is -0.906. The Kier molecular flexibility index (Phi) is 42.1. The van der Waals surface area contributed by atoms with Gasteiger partial charge in [-0.3, -0.25) is 9.36 Å². The van der Waals surface area contributed by atoms with Crippen LogP contribution in [0.3, 0.4) is 0 Å². The summed E-state index contributed by atoms with van der Waals surface area (Å²) < 4.78 is 23.2. The molecule has 0 bridgehead atoms. The van der Waals surface area contributed by atoms with Gasteiger partial charge in [0.15, 0.2) is 0 Å². The Hall–Kier alpha value is -1.28. The number of unbranched alkanes of at least 4 members (excludes halogenated alkanes) is 29. The van der Waals surface area contributed by atoms with E-state index in [4.69, 9.17) is 9.05 Å². The van der Waals surface area contributed by atoms with Crippen molar-refractivity contribution in [2.45, 2.75) is 244 Å². The van der Waals surface area contributed by atoms with Crippen molar-refractivity contribution < 1.29 is 32.9 Å². The summed E-state index contributed by atoms with van der Waals surface area (Å²) in [7, 11) is 1.24. The number of carbonyl (C=O) groups excluding carboxylic acids is 1. The van der Waals surface area contributed by atoms with Gasteiger partial charge in [-0.2, -0.15) is 0 Å². The number of carbonyl (C=O) groups is 1. The molecule has 0 heterocycles. The van der Waals surface area contributed by atoms with Gasteiger partial charge >= 0.3 is 0 Å². The van der Waals surface area contributed by atoms with Crippen LogP contribution in [0.5, 0.6) is 0 Å². The molecule has 0 spiro atoms. The van der Waals surface area contributed by atoms with Crippen LogP contribution in [0.2, 0.25) is 0 Å². The van der Waals surface area contributed by atoms with Crippen molar-refractivity contribution in [1.29, 1.82) is 0 Å². The lowest BCUT2D eigenvalue weighted by Gasteiger charge is -2.29. The molecule has 2 N–H and O–H groups in total. The van der Waals surface area contributed by atoms with Gasteiger partial charge in [-0.1, -0.05) is 217 Å². The molecule has 354 valence electrons. The zero-order valence-electron chi connectivity index (χ0n) is 40.2. The lowest BCUT2D eigenvalue weighted by atomic mass is 10.0. The number of hydrogen-bond donors (Lipinski definition) is 2. The normalized spacial score (nSPS) is 14.4. The number of phosphoric ester groups is 1. The van der Waals surface area contributed by atoms with Gasteiger partial charge in [0.2, 0.25) is 5.91 Å². The van der Waals surface area contributed by atoms with E-state index >= 15 is 0 Å². The van der Waals surface area contributed by atoms with Gasteiger partial charge in [0.05, 0.1) is 39.9 Å². The van der Waals surface area contributed by atoms with E-state index in [0.717, 1.165) is 44.9 Å². The van der Waals surface area contributed by atoms with Gasteiger partial charge in [0.1, 0.15) is 13.2 Å². The molecule has 0 aromatic rings. The van der Waals surface area contributed by atoms with Gasteiger partial charge in [0, 0.05) is 6.42 Å². The summed E-state index contributed by atoms with van der Waals surface area (Å²) >= 11 is 0. The molecule has 0 aliphatic carbocycles. The van der Waals surface area contributed by atoms with E-state index in [1.807, 2.05) is 27.2 Å². The molecule has 3 unspecified atom stereocenters. The van der Waals surface area contributed by atoms with E-state index in [1.165, 1.54) is 167 Å². The lowest BCUT2D eigenvalue weighted by molar-refractivity contribution is -0.870. The van der Waals surface area contributed by atoms with E-state index < -0.39 is 26.6 Å². The molecule has 3 atom stereocenters. The van der Waals surface area contributed by atoms with Crippen molar-refractivity contribution in [2.24, 2.45) is 0 Å². The second kappa shape index (κ2) is 43.0. The van der Waals surface area contributed by atoms with Gasteiger partial charge in [-0.15, -0.1) is 0 Å². The number of nitrogens with one attached hydrogen (secondary N) is 1. The molecule has 0 saturated carbocycles. The summed E-state index contributed by atoms with van der Waals surface area (Å²) in [5, 5.41) is 13.8. The van der Waals surface area contributed by atoms with Gasteiger partial charge in [-0.05, 0) is 44.9 Å². The molecule has 0 rings (SSSR count). The number of phosphoric acid groups is 1. The Morgan fingerprint density at radius 3 is 1.35 bits per heavy atom. The first kappa shape index (κ1) is 58.7. The third-order valence-electron chi connectivity index (χ3n) is 11.3. The Labute approximate surface area is 372 Å². The Morgan fingerprint density at radius 1 is 0.567 bits per heavy atom. The highest BCUT2D eigenvalue weighted by molar-refractivity contribution is 7.45. The van der Waals surface area contributed by atoms with E-state index in [9.17, 15) is 19.4 Å². The molecule has 0 radical (unpaired) electrons. The summed E-state index contributed by atoms with van der Waals surface area (Å²) in [6.07, 6.45) is 53.5. The number of aliphatic hydroxyl groups is 1. The molecule has 0 aliphatic heterocycles. The monoisotopic (exact) mass is 867 g/mol. The second-order valence-corrected chi connectivity index (χ2v) is 19.9. The minimum atomic E-state index is -4.60. The Bertz CT molecular complexity index is 1070. The van der Waals surface area contributed by atoms with E-state index in [0.29, 0.717) is 17.4 Å². The summed E-state index contributed by atoms with van der Waals surface area (Å²) in [5.74, 6) is -0.209. The standard InChI is InChI=1S/C51H99N2O6P/c1-6-8-10-12-14-16-18-20-22-23-24-25-26-27-28-29-31-32-34-36-38-40-42-44-50(54)49(48-59-60(56,57)58-47-46-53(3,4)5)52-51(55)45-43-41-39-37-35-33-30-21-19-17-15-13-11-9-7-2/h28-29,34,36,42,44,49-50,54H,6-27,30-33,35,37-41,43,45-48H2,1-5H3,(H-,52,55,56,57)/b29-28+,36-34+,44-42+. The van der Waals surface area contributed by atoms with Crippen molar-refractivity contribution in [1.82, 2.24) is 5.32 Å². The van der Waals surface area contributed by atoms with Gasteiger partial charge < -0.3 is 28.8 Å². The van der Waals surface area contributed by atoms with Gasteiger partial charge in [-0.25, -0.2) is 0 Å². The van der Waals surface area contributed by atoms with E-state index in [2.05, 4.69) is 43.5 Å². The molecule has 0 aliphatic rings. The van der Waals surface area contributed by atoms with Crippen LogP contribution in [0, 0.1) is 0 Å². The van der Waals surface area contributed by atoms with E-state index in [-0.39, 0.29) is 12.5 Å². The number of quaternary nitrogens is 1. The largest absolute Gasteiger partial charge is 0.756 e. The van der Waals surface area contributed by atoms with Crippen molar-refractivity contribution in [2.75, 3.05) is 40.9 Å². The summed E-state index contributed by atoms with van der Waals surface area (Å²) in [6.45, 7) is 4.63. The zero-order valence-corrected chi connectivity index (χ0v) is 41.1. The first-order valence-corrected chi connectivity index (χ1v) is 26.8. The highest BCUT2D eigenvalue weighted by atomic mass is 31.2. The first-order valence-electron chi connectivity index (χ1n) is 25.4. The third kappa shape index (κ3) is 44.8. The quantitative estimate of drug-likeness (QED) is 0.0273. The molecule has 0 fully saturated rings. The first-order chi connectivity index (χ1) is 29.0. The van der Waals surface area contributed by atoms with Crippen LogP contribution < -0.4 is 10.2 Å². The highest BCUT2D eigenvalue weighted by Gasteiger charge is 2.23. The molecular formula is C51H99N2O6P. The summed E-state index contributed by atoms with van der Waals surface area (Å²) in [5.41, 5.74) is 0. The maximum Gasteiger partial charge on any atom is 0.268 e. The van der Waals surface area contributed by atoms with Crippen molar-refractivity contribution in [3.8, 4) is 0 Å². The topological polar surface area (TPSA) is 108 Å². The van der Waals surface area contributed by atoms with Gasteiger partial charge in [0.25, 0.3) is 7.82 Å². The van der Waals surface area contributed by atoms with Crippen molar-refractivity contribution in [3.05, 3.63) is 36.5 Å². The third-order valence-corrected chi connectivity index (χ3v) is 12.3. The number of allylic oxidation sites excluding steroid dienone is 5. The van der Waals surface area contributed by atoms with Crippen LogP contribution in [-0.2, 0) is 18.4 Å². The highest BCUT2D eigenvalue weighted by Crippen LogP contribution is 2.38. The molecule has 9 heteroatoms. The SMILES string of the molecule is CCCCCCCCCCCCCCC/C=C/CC/C=C/CC/C=C/C(O)C(COP(=O)([O-])OCC[N+](C)(C)C)NC(=O)CCCCCCCCCCCCCCCCC. The smallest absolute Gasteiger partial charge is 0.268 e. The average molecular weight is 867 g/mol. The minimum absolute atomic E-state index is 0.00767. The lowest BCUT2D eigenvalue weighted by Crippen LogP contribution is -2.45.